The van der Waals surface area contributed by atoms with Crippen LogP contribution in [0.1, 0.15) is 25.7 Å². The molecule has 0 radical (unpaired) electrons. The molecule has 0 unspecified atom stereocenters. The first kappa shape index (κ1) is 11.7. The Morgan fingerprint density at radius 1 is 1.24 bits per heavy atom. The molecule has 0 aromatic heterocycles. The minimum atomic E-state index is -0.0657. The number of ether oxygens (including phenoxy) is 1. The van der Waals surface area contributed by atoms with Gasteiger partial charge in [0.1, 0.15) is 0 Å². The molecule has 3 nitrogen and oxygen atoms in total. The number of rotatable bonds is 4. The zero-order chi connectivity index (χ0) is 11.7. The zero-order valence-electron chi connectivity index (χ0n) is 10.4. The Hall–Kier alpha value is -0.380. The number of aliphatic hydroxyl groups excluding tert-OH is 1. The molecule has 3 atom stereocenters. The van der Waals surface area contributed by atoms with Gasteiger partial charge in [0.2, 0.25) is 0 Å². The first-order valence-electron chi connectivity index (χ1n) is 6.93. The second-order valence-corrected chi connectivity index (χ2v) is 5.97. The second kappa shape index (κ2) is 4.71. The molecule has 0 aromatic rings. The molecule has 0 amide bonds. The fourth-order valence-corrected chi connectivity index (χ4v) is 3.63. The summed E-state index contributed by atoms with van der Waals surface area (Å²) in [5.41, 5.74) is -0.0657. The third kappa shape index (κ3) is 2.28. The molecule has 17 heavy (non-hydrogen) atoms. The lowest BCUT2D eigenvalue weighted by Gasteiger charge is -2.38. The van der Waals surface area contributed by atoms with Gasteiger partial charge in [0.15, 0.2) is 0 Å². The summed E-state index contributed by atoms with van der Waals surface area (Å²) in [4.78, 5) is 0. The third-order valence-electron chi connectivity index (χ3n) is 4.91. The van der Waals surface area contributed by atoms with Crippen LogP contribution in [-0.4, -0.2) is 37.0 Å². The van der Waals surface area contributed by atoms with Crippen LogP contribution in [0.25, 0.3) is 0 Å². The predicted molar refractivity (Wildman–Crippen MR) is 66.7 cm³/mol. The maximum absolute atomic E-state index is 9.62. The SMILES string of the molecule is OCC1(NC[C@@H]2C[C@@H]3C=C[C@@H]2C3)CCOCC1. The Labute approximate surface area is 103 Å². The fraction of sp³-hybridized carbons (Fsp3) is 0.857. The molecule has 1 saturated heterocycles. The van der Waals surface area contributed by atoms with Gasteiger partial charge < -0.3 is 15.2 Å². The highest BCUT2D eigenvalue weighted by Gasteiger charge is 2.38. The Kier molecular flexibility index (Phi) is 3.24. The normalized spacial score (nSPS) is 38.8. The van der Waals surface area contributed by atoms with Crippen LogP contribution in [0.3, 0.4) is 0 Å². The van der Waals surface area contributed by atoms with E-state index < -0.39 is 0 Å². The van der Waals surface area contributed by atoms with Crippen molar-refractivity contribution in [2.75, 3.05) is 26.4 Å². The molecule has 0 spiro atoms. The van der Waals surface area contributed by atoms with E-state index in [0.717, 1.165) is 50.4 Å². The van der Waals surface area contributed by atoms with Crippen molar-refractivity contribution < 1.29 is 9.84 Å². The molecule has 2 fully saturated rings. The molecule has 2 N–H and O–H groups in total. The lowest BCUT2D eigenvalue weighted by atomic mass is 9.88. The van der Waals surface area contributed by atoms with Crippen LogP contribution < -0.4 is 5.32 Å². The Bertz CT molecular complexity index is 297. The van der Waals surface area contributed by atoms with E-state index >= 15 is 0 Å². The Morgan fingerprint density at radius 3 is 2.65 bits per heavy atom. The van der Waals surface area contributed by atoms with Crippen molar-refractivity contribution in [1.82, 2.24) is 5.32 Å². The molecule has 3 heteroatoms. The van der Waals surface area contributed by atoms with Crippen molar-refractivity contribution in [2.45, 2.75) is 31.2 Å². The van der Waals surface area contributed by atoms with Gasteiger partial charge in [0.25, 0.3) is 0 Å². The van der Waals surface area contributed by atoms with Gasteiger partial charge >= 0.3 is 0 Å². The predicted octanol–water partition coefficient (Wildman–Crippen LogP) is 1.33. The number of allylic oxidation sites excluding steroid dienone is 2. The zero-order valence-corrected chi connectivity index (χ0v) is 10.4. The van der Waals surface area contributed by atoms with Crippen LogP contribution in [-0.2, 0) is 4.74 Å². The van der Waals surface area contributed by atoms with E-state index in [0.29, 0.717) is 0 Å². The van der Waals surface area contributed by atoms with Gasteiger partial charge in [-0.15, -0.1) is 0 Å². The largest absolute Gasteiger partial charge is 0.394 e. The molecule has 2 bridgehead atoms. The smallest absolute Gasteiger partial charge is 0.0615 e. The highest BCUT2D eigenvalue weighted by atomic mass is 16.5. The maximum Gasteiger partial charge on any atom is 0.0615 e. The molecule has 2 aliphatic carbocycles. The van der Waals surface area contributed by atoms with E-state index in [9.17, 15) is 5.11 Å². The van der Waals surface area contributed by atoms with Crippen molar-refractivity contribution in [2.24, 2.45) is 17.8 Å². The van der Waals surface area contributed by atoms with E-state index in [4.69, 9.17) is 4.74 Å². The number of nitrogens with one attached hydrogen (secondary N) is 1. The van der Waals surface area contributed by atoms with Crippen LogP contribution in [0.4, 0.5) is 0 Å². The standard InChI is InChI=1S/C14H23NO2/c16-10-14(3-5-17-6-4-14)15-9-13-8-11-1-2-12(13)7-11/h1-2,11-13,15-16H,3-10H2/t11-,12-,13+/m1/s1. The molecular weight excluding hydrogens is 214 g/mol. The lowest BCUT2D eigenvalue weighted by molar-refractivity contribution is 0.00988. The molecule has 1 heterocycles. The average molecular weight is 237 g/mol. The van der Waals surface area contributed by atoms with Gasteiger partial charge in [-0.05, 0) is 50.0 Å². The number of hydrogen-bond acceptors (Lipinski definition) is 3. The minimum Gasteiger partial charge on any atom is -0.394 e. The van der Waals surface area contributed by atoms with E-state index in [1.54, 1.807) is 0 Å². The highest BCUT2D eigenvalue weighted by molar-refractivity contribution is 5.10. The number of fused-ring (bicyclic) bond motifs is 2. The molecular formula is C14H23NO2. The molecule has 3 aliphatic rings. The first-order chi connectivity index (χ1) is 8.31. The molecule has 3 rings (SSSR count). The van der Waals surface area contributed by atoms with E-state index in [1.165, 1.54) is 12.8 Å². The van der Waals surface area contributed by atoms with Gasteiger partial charge in [-0.2, -0.15) is 0 Å². The summed E-state index contributed by atoms with van der Waals surface area (Å²) in [7, 11) is 0. The highest BCUT2D eigenvalue weighted by Crippen LogP contribution is 2.43. The summed E-state index contributed by atoms with van der Waals surface area (Å²) >= 11 is 0. The number of aliphatic hydroxyl groups is 1. The van der Waals surface area contributed by atoms with Gasteiger partial charge in [0, 0.05) is 18.8 Å². The topological polar surface area (TPSA) is 41.5 Å². The number of hydrogen-bond donors (Lipinski definition) is 2. The lowest BCUT2D eigenvalue weighted by Crippen LogP contribution is -2.53. The fourth-order valence-electron chi connectivity index (χ4n) is 3.63. The Balaban J connectivity index is 1.54. The first-order valence-corrected chi connectivity index (χ1v) is 6.93. The van der Waals surface area contributed by atoms with Crippen LogP contribution >= 0.6 is 0 Å². The summed E-state index contributed by atoms with van der Waals surface area (Å²) < 4.78 is 5.39. The quantitative estimate of drug-likeness (QED) is 0.725. The molecule has 1 aliphatic heterocycles. The van der Waals surface area contributed by atoms with Crippen molar-refractivity contribution in [3.63, 3.8) is 0 Å². The summed E-state index contributed by atoms with van der Waals surface area (Å²) in [6, 6.07) is 0. The van der Waals surface area contributed by atoms with Gasteiger partial charge in [0.05, 0.1) is 6.61 Å². The van der Waals surface area contributed by atoms with Gasteiger partial charge in [-0.25, -0.2) is 0 Å². The van der Waals surface area contributed by atoms with Gasteiger partial charge in [-0.1, -0.05) is 12.2 Å². The minimum absolute atomic E-state index is 0.0657. The maximum atomic E-state index is 9.62. The van der Waals surface area contributed by atoms with Crippen LogP contribution in [0.2, 0.25) is 0 Å². The van der Waals surface area contributed by atoms with E-state index in [2.05, 4.69) is 17.5 Å². The summed E-state index contributed by atoms with van der Waals surface area (Å²) in [6.07, 6.45) is 9.38. The average Bonchev–Trinajstić information content (AvgIpc) is 3.00. The van der Waals surface area contributed by atoms with Crippen LogP contribution in [0, 0.1) is 17.8 Å². The van der Waals surface area contributed by atoms with Crippen molar-refractivity contribution in [3.05, 3.63) is 12.2 Å². The monoisotopic (exact) mass is 237 g/mol. The van der Waals surface area contributed by atoms with E-state index in [1.807, 2.05) is 0 Å². The molecule has 1 saturated carbocycles. The van der Waals surface area contributed by atoms with Crippen LogP contribution in [0.5, 0.6) is 0 Å². The van der Waals surface area contributed by atoms with Crippen LogP contribution in [0.15, 0.2) is 12.2 Å². The van der Waals surface area contributed by atoms with Crippen molar-refractivity contribution >= 4 is 0 Å². The summed E-state index contributed by atoms with van der Waals surface area (Å²) in [6.45, 7) is 2.87. The van der Waals surface area contributed by atoms with E-state index in [-0.39, 0.29) is 12.1 Å². The van der Waals surface area contributed by atoms with Crippen molar-refractivity contribution in [1.29, 1.82) is 0 Å². The second-order valence-electron chi connectivity index (χ2n) is 5.97. The molecule has 0 aromatic carbocycles. The van der Waals surface area contributed by atoms with Gasteiger partial charge in [-0.3, -0.25) is 0 Å². The molecule has 96 valence electrons. The third-order valence-corrected chi connectivity index (χ3v) is 4.91. The van der Waals surface area contributed by atoms with Crippen molar-refractivity contribution in [3.8, 4) is 0 Å². The summed E-state index contributed by atoms with van der Waals surface area (Å²) in [5, 5.41) is 13.3. The summed E-state index contributed by atoms with van der Waals surface area (Å²) in [5.74, 6) is 2.42. The Morgan fingerprint density at radius 2 is 2.06 bits per heavy atom.